The van der Waals surface area contributed by atoms with E-state index >= 15 is 0 Å². The van der Waals surface area contributed by atoms with Crippen LogP contribution in [0.15, 0.2) is 44.2 Å². The van der Waals surface area contributed by atoms with Crippen molar-refractivity contribution in [3.05, 3.63) is 46.5 Å². The Balaban J connectivity index is 0.000000122. The number of hydrogen-bond acceptors (Lipinski definition) is 4. The molecule has 0 atom stereocenters. The summed E-state index contributed by atoms with van der Waals surface area (Å²) in [6, 6.07) is 8.78. The van der Waals surface area contributed by atoms with Crippen molar-refractivity contribution in [1.82, 2.24) is 0 Å². The molecule has 2 aromatic carbocycles. The Labute approximate surface area is 165 Å². The molecule has 140 valence electrons. The molecule has 0 spiro atoms. The summed E-state index contributed by atoms with van der Waals surface area (Å²) in [7, 11) is 0. The highest BCUT2D eigenvalue weighted by Gasteiger charge is 2.19. The second kappa shape index (κ2) is 6.33. The maximum Gasteiger partial charge on any atom is 0.0686 e. The van der Waals surface area contributed by atoms with Gasteiger partial charge in [0, 0.05) is 48.5 Å². The van der Waals surface area contributed by atoms with Crippen molar-refractivity contribution in [2.75, 3.05) is 0 Å². The van der Waals surface area contributed by atoms with Gasteiger partial charge in [-0.2, -0.15) is 0 Å². The van der Waals surface area contributed by atoms with Gasteiger partial charge in [0.25, 0.3) is 0 Å². The van der Waals surface area contributed by atoms with Gasteiger partial charge in [-0.15, -0.1) is 0 Å². The fourth-order valence-corrected chi connectivity index (χ4v) is 4.40. The molecule has 0 radical (unpaired) electrons. The number of fused-ring (bicyclic) bond motifs is 4. The third kappa shape index (κ3) is 3.03. The summed E-state index contributed by atoms with van der Waals surface area (Å²) in [5.74, 6) is 0. The second-order valence-corrected chi connectivity index (χ2v) is 8.31. The molecule has 0 fully saturated rings. The van der Waals surface area contributed by atoms with Crippen LogP contribution in [0.1, 0.15) is 49.9 Å². The molecule has 4 aliphatic rings. The lowest BCUT2D eigenvalue weighted by Gasteiger charge is -2.01. The van der Waals surface area contributed by atoms with E-state index in [1.54, 1.807) is 0 Å². The summed E-state index contributed by atoms with van der Waals surface area (Å²) in [4.78, 5) is 18.0. The Morgan fingerprint density at radius 3 is 1.07 bits per heavy atom. The summed E-state index contributed by atoms with van der Waals surface area (Å²) in [5, 5.41) is 0. The molecule has 0 bridgehead atoms. The highest BCUT2D eigenvalue weighted by atomic mass is 14.8. The summed E-state index contributed by atoms with van der Waals surface area (Å²) in [6.07, 6.45) is 4.03. The first-order valence-electron chi connectivity index (χ1n) is 9.93. The van der Waals surface area contributed by atoms with E-state index in [1.807, 2.05) is 0 Å². The summed E-state index contributed by atoms with van der Waals surface area (Å²) in [6.45, 7) is 8.33. The standard InChI is InChI=1S/2C12H12N2/c1-7-3-9-5-12-10(4-8(2)14-12)6-11(9)13-7;1-7-3-9-5-10-4-8(2)14-12(10)6-11(9)13-7/h2*5-6H,3-4H2,1-2H3. The fourth-order valence-electron chi connectivity index (χ4n) is 4.40. The first-order chi connectivity index (χ1) is 13.4. The maximum absolute atomic E-state index is 4.52. The van der Waals surface area contributed by atoms with E-state index in [-0.39, 0.29) is 0 Å². The van der Waals surface area contributed by atoms with Crippen LogP contribution in [0.2, 0.25) is 0 Å². The van der Waals surface area contributed by atoms with E-state index in [0.717, 1.165) is 48.4 Å². The third-order valence-electron chi connectivity index (χ3n) is 5.59. The van der Waals surface area contributed by atoms with Gasteiger partial charge in [-0.25, -0.2) is 0 Å². The zero-order chi connectivity index (χ0) is 19.4. The average molecular weight is 368 g/mol. The van der Waals surface area contributed by atoms with Crippen LogP contribution in [-0.2, 0) is 25.7 Å². The minimum Gasteiger partial charge on any atom is -0.257 e. The van der Waals surface area contributed by atoms with Crippen molar-refractivity contribution in [3.63, 3.8) is 0 Å². The number of rotatable bonds is 0. The minimum absolute atomic E-state index is 0.997. The Hall–Kier alpha value is -2.88. The van der Waals surface area contributed by atoms with Crippen molar-refractivity contribution in [2.24, 2.45) is 20.0 Å². The molecule has 0 unspecified atom stereocenters. The van der Waals surface area contributed by atoms with Gasteiger partial charge in [0.1, 0.15) is 0 Å². The second-order valence-electron chi connectivity index (χ2n) is 8.31. The smallest absolute Gasteiger partial charge is 0.0686 e. The lowest BCUT2D eigenvalue weighted by Crippen LogP contribution is -1.92. The highest BCUT2D eigenvalue weighted by molar-refractivity contribution is 5.97. The van der Waals surface area contributed by atoms with Crippen LogP contribution >= 0.6 is 0 Å². The number of hydrogen-bond donors (Lipinski definition) is 0. The van der Waals surface area contributed by atoms with Gasteiger partial charge in [-0.3, -0.25) is 20.0 Å². The molecule has 0 amide bonds. The SMILES string of the molecule is CC1=Nc2cc3c(cc2C1)CC(C)=N3.CC1=Nc2cc3c(cc2C1)N=C(C)C3. The predicted octanol–water partition coefficient (Wildman–Crippen LogP) is 5.97. The van der Waals surface area contributed by atoms with Gasteiger partial charge in [0.15, 0.2) is 0 Å². The Morgan fingerprint density at radius 2 is 0.714 bits per heavy atom. The van der Waals surface area contributed by atoms with Crippen LogP contribution in [0.4, 0.5) is 22.7 Å². The van der Waals surface area contributed by atoms with Crippen LogP contribution < -0.4 is 0 Å². The first-order valence-corrected chi connectivity index (χ1v) is 9.93. The quantitative estimate of drug-likeness (QED) is 0.550. The van der Waals surface area contributed by atoms with Crippen LogP contribution in [0.5, 0.6) is 0 Å². The van der Waals surface area contributed by atoms with E-state index in [0.29, 0.717) is 0 Å². The van der Waals surface area contributed by atoms with Gasteiger partial charge < -0.3 is 0 Å². The molecule has 6 rings (SSSR count). The number of nitrogens with zero attached hydrogens (tertiary/aromatic N) is 4. The molecule has 2 aromatic rings. The normalized spacial score (nSPS) is 17.6. The maximum atomic E-state index is 4.52. The van der Waals surface area contributed by atoms with Crippen LogP contribution in [0.25, 0.3) is 0 Å². The molecule has 0 aliphatic carbocycles. The Bertz CT molecular complexity index is 1060. The van der Waals surface area contributed by atoms with Crippen molar-refractivity contribution in [1.29, 1.82) is 0 Å². The van der Waals surface area contributed by atoms with E-state index in [1.165, 1.54) is 45.1 Å². The summed E-state index contributed by atoms with van der Waals surface area (Å²) < 4.78 is 0. The van der Waals surface area contributed by atoms with Crippen molar-refractivity contribution in [3.8, 4) is 0 Å². The van der Waals surface area contributed by atoms with Gasteiger partial charge in [0.2, 0.25) is 0 Å². The zero-order valence-electron chi connectivity index (χ0n) is 16.9. The molecule has 28 heavy (non-hydrogen) atoms. The highest BCUT2D eigenvalue weighted by Crippen LogP contribution is 2.37. The van der Waals surface area contributed by atoms with E-state index in [4.69, 9.17) is 0 Å². The lowest BCUT2D eigenvalue weighted by atomic mass is 10.0. The average Bonchev–Trinajstić information content (AvgIpc) is 3.33. The first kappa shape index (κ1) is 17.2. The molecule has 0 saturated heterocycles. The molecule has 4 aliphatic heterocycles. The van der Waals surface area contributed by atoms with Crippen LogP contribution in [-0.4, -0.2) is 22.8 Å². The molecular formula is C24H24N4. The largest absolute Gasteiger partial charge is 0.257 e. The van der Waals surface area contributed by atoms with Gasteiger partial charge in [-0.1, -0.05) is 6.07 Å². The molecule has 0 saturated carbocycles. The van der Waals surface area contributed by atoms with Crippen molar-refractivity contribution >= 4 is 45.6 Å². The molecule has 0 N–H and O–H groups in total. The summed E-state index contributed by atoms with van der Waals surface area (Å²) >= 11 is 0. The van der Waals surface area contributed by atoms with Crippen LogP contribution in [0.3, 0.4) is 0 Å². The van der Waals surface area contributed by atoms with E-state index < -0.39 is 0 Å². The molecular weight excluding hydrogens is 344 g/mol. The summed E-state index contributed by atoms with van der Waals surface area (Å²) in [5.41, 5.74) is 14.8. The zero-order valence-corrected chi connectivity index (χ0v) is 16.9. The van der Waals surface area contributed by atoms with Gasteiger partial charge in [-0.05, 0) is 68.1 Å². The van der Waals surface area contributed by atoms with Gasteiger partial charge in [0.05, 0.1) is 22.7 Å². The molecule has 4 heterocycles. The predicted molar refractivity (Wildman–Crippen MR) is 119 cm³/mol. The molecule has 4 nitrogen and oxygen atoms in total. The van der Waals surface area contributed by atoms with Crippen LogP contribution in [0, 0.1) is 0 Å². The Kier molecular flexibility index (Phi) is 3.90. The van der Waals surface area contributed by atoms with E-state index in [9.17, 15) is 0 Å². The fraction of sp³-hybridized carbons (Fsp3) is 0.333. The van der Waals surface area contributed by atoms with Gasteiger partial charge >= 0.3 is 0 Å². The Morgan fingerprint density at radius 1 is 0.429 bits per heavy atom. The monoisotopic (exact) mass is 368 g/mol. The third-order valence-corrected chi connectivity index (χ3v) is 5.59. The van der Waals surface area contributed by atoms with E-state index in [2.05, 4.69) is 71.9 Å². The minimum atomic E-state index is 0.997. The van der Waals surface area contributed by atoms with Crippen molar-refractivity contribution in [2.45, 2.75) is 53.4 Å². The molecule has 0 aromatic heterocycles. The lowest BCUT2D eigenvalue weighted by molar-refractivity contribution is 1.31. The van der Waals surface area contributed by atoms with Crippen molar-refractivity contribution < 1.29 is 0 Å². The number of benzene rings is 2. The number of aliphatic imine (C=N–C) groups is 4. The molecule has 4 heteroatoms. The topological polar surface area (TPSA) is 49.4 Å².